The van der Waals surface area contributed by atoms with Gasteiger partial charge < -0.3 is 47.4 Å². The molecule has 0 saturated heterocycles. The molecule has 0 aliphatic heterocycles. The van der Waals surface area contributed by atoms with E-state index in [0.29, 0.717) is 5.52 Å². The first-order chi connectivity index (χ1) is 32.4. The van der Waals surface area contributed by atoms with E-state index in [1.54, 1.807) is 18.2 Å². The van der Waals surface area contributed by atoms with Crippen molar-refractivity contribution in [2.24, 2.45) is 5.10 Å². The summed E-state index contributed by atoms with van der Waals surface area (Å²) in [6, 6.07) is 17.5. The third-order valence-electron chi connectivity index (χ3n) is 8.30. The van der Waals surface area contributed by atoms with Gasteiger partial charge in [0, 0.05) is 23.8 Å². The lowest BCUT2D eigenvalue weighted by Crippen LogP contribution is -2.23. The van der Waals surface area contributed by atoms with Gasteiger partial charge in [-0.05, 0) is 79.2 Å². The molecule has 0 radical (unpaired) electrons. The van der Waals surface area contributed by atoms with E-state index in [2.05, 4.69) is 41.1 Å². The molecule has 5 aromatic rings. The number of rotatable bonds is 24. The Kier molecular flexibility index (Phi) is 17.6. The Balaban J connectivity index is 1.51. The van der Waals surface area contributed by atoms with E-state index in [0.717, 1.165) is 34.0 Å². The first-order valence-electron chi connectivity index (χ1n) is 19.0. The minimum Gasteiger partial charge on any atom is -0.453 e. The first-order valence-corrected chi connectivity index (χ1v) is 19.9. The van der Waals surface area contributed by atoms with Crippen LogP contribution in [-0.4, -0.2) is 80.6 Å². The maximum Gasteiger partial charge on any atom is 0.343 e. The topological polar surface area (TPSA) is 240 Å². The molecule has 344 valence electrons. The number of anilines is 1. The van der Waals surface area contributed by atoms with Gasteiger partial charge in [0.15, 0.2) is 23.0 Å². The van der Waals surface area contributed by atoms with Gasteiger partial charge in [-0.15, -0.1) is 0 Å². The number of para-hydroxylation sites is 1. The minimum atomic E-state index is -0.960. The van der Waals surface area contributed by atoms with Crippen molar-refractivity contribution < 1.29 is 80.9 Å². The molecule has 0 bridgehead atoms. The van der Waals surface area contributed by atoms with Crippen molar-refractivity contribution in [2.75, 3.05) is 32.2 Å². The second kappa shape index (κ2) is 24.1. The van der Waals surface area contributed by atoms with Crippen LogP contribution in [-0.2, 0) is 42.9 Å². The van der Waals surface area contributed by atoms with Crippen molar-refractivity contribution in [2.45, 2.75) is 6.92 Å². The molecule has 20 nitrogen and oxygen atoms in total. The number of thiazole rings is 1. The lowest BCUT2D eigenvalue weighted by molar-refractivity contribution is -0.146. The van der Waals surface area contributed by atoms with Gasteiger partial charge in [0.25, 0.3) is 12.4 Å². The summed E-state index contributed by atoms with van der Waals surface area (Å²) in [6.45, 7) is 12.9. The van der Waals surface area contributed by atoms with Gasteiger partial charge in [-0.25, -0.2) is 29.0 Å². The number of hydrazone groups is 1. The standard InChI is InChI=1S/C46H37N3O17S/c1-6-39(51)49(46-48-33-12-10-11-13-38(33)67-46)47-22-31-19-32(65-44(55)29-14-16-34(59-25-62-40(52)7-2)36(20-29)58-24-57-23-50)18-28(5)43(31)66-45(56)30-15-17-35(60-26-63-41(53)8-3)37(21-30)61-27-64-42(54)9-4/h6-23H,1-4,24-27H2,5H3/b47-22+. The Morgan fingerprint density at radius 1 is 0.657 bits per heavy atom. The quantitative estimate of drug-likeness (QED) is 0.00758. The molecule has 1 amide bonds. The Labute approximate surface area is 384 Å². The molecule has 0 saturated carbocycles. The molecular formula is C46H37N3O17S. The van der Waals surface area contributed by atoms with Crippen molar-refractivity contribution in [1.29, 1.82) is 0 Å². The third-order valence-corrected chi connectivity index (χ3v) is 9.31. The lowest BCUT2D eigenvalue weighted by Gasteiger charge is -2.16. The van der Waals surface area contributed by atoms with Crippen LogP contribution in [0.1, 0.15) is 31.8 Å². The number of aromatic nitrogens is 1. The number of carbonyl (C=O) groups excluding carboxylic acids is 7. The molecule has 1 heterocycles. The molecule has 0 unspecified atom stereocenters. The number of carbonyl (C=O) groups is 7. The van der Waals surface area contributed by atoms with Crippen molar-refractivity contribution in [3.05, 3.63) is 146 Å². The molecule has 0 N–H and O–H groups in total. The smallest absolute Gasteiger partial charge is 0.343 e. The molecule has 4 aromatic carbocycles. The zero-order valence-corrected chi connectivity index (χ0v) is 36.1. The second-order valence-corrected chi connectivity index (χ2v) is 13.6. The van der Waals surface area contributed by atoms with Crippen molar-refractivity contribution in [1.82, 2.24) is 4.98 Å². The number of amides is 1. The van der Waals surface area contributed by atoms with Crippen LogP contribution < -0.4 is 33.4 Å². The summed E-state index contributed by atoms with van der Waals surface area (Å²) >= 11 is 1.17. The van der Waals surface area contributed by atoms with Crippen molar-refractivity contribution in [3.63, 3.8) is 0 Å². The second-order valence-electron chi connectivity index (χ2n) is 12.6. The van der Waals surface area contributed by atoms with Crippen LogP contribution >= 0.6 is 11.3 Å². The number of fused-ring (bicyclic) bond motifs is 1. The fourth-order valence-corrected chi connectivity index (χ4v) is 6.15. The summed E-state index contributed by atoms with van der Waals surface area (Å²) in [5, 5.41) is 5.54. The molecule has 1 aromatic heterocycles. The highest BCUT2D eigenvalue weighted by Gasteiger charge is 2.22. The highest BCUT2D eigenvalue weighted by atomic mass is 32.1. The average molecular weight is 936 g/mol. The van der Waals surface area contributed by atoms with Gasteiger partial charge in [-0.3, -0.25) is 9.59 Å². The van der Waals surface area contributed by atoms with E-state index in [4.69, 9.17) is 42.6 Å². The van der Waals surface area contributed by atoms with Gasteiger partial charge in [0.1, 0.15) is 11.5 Å². The molecule has 0 aliphatic rings. The number of nitrogens with zero attached hydrogens (tertiary/aromatic N) is 3. The largest absolute Gasteiger partial charge is 0.453 e. The first kappa shape index (κ1) is 48.9. The van der Waals surface area contributed by atoms with Gasteiger partial charge in [0.2, 0.25) is 32.3 Å². The average Bonchev–Trinajstić information content (AvgIpc) is 3.77. The van der Waals surface area contributed by atoms with Crippen LogP contribution in [0.15, 0.2) is 129 Å². The molecule has 67 heavy (non-hydrogen) atoms. The van der Waals surface area contributed by atoms with Crippen LogP contribution in [0.5, 0.6) is 34.5 Å². The normalized spacial score (nSPS) is 10.4. The summed E-state index contributed by atoms with van der Waals surface area (Å²) in [4.78, 5) is 90.7. The third kappa shape index (κ3) is 13.7. The van der Waals surface area contributed by atoms with Gasteiger partial charge in [-0.2, -0.15) is 10.1 Å². The SMILES string of the molecule is C=CC(=O)OCOc1ccc(C(=O)Oc2cc(C)c(OC(=O)c3ccc(OCOC(=O)C=C)c(OCOC(=O)C=C)c3)c(/C=N/N(C(=O)C=C)c3nc4ccccc4s3)c2)cc1OCOC=O. The molecule has 0 atom stereocenters. The fraction of sp³-hybridized carbons (Fsp3) is 0.109. The van der Waals surface area contributed by atoms with Crippen molar-refractivity contribution >= 4 is 75.1 Å². The monoisotopic (exact) mass is 935 g/mol. The van der Waals surface area contributed by atoms with Gasteiger partial charge in [0.05, 0.1) is 27.6 Å². The maximum absolute atomic E-state index is 13.9. The fourth-order valence-electron chi connectivity index (χ4n) is 5.23. The van der Waals surface area contributed by atoms with Crippen LogP contribution in [0.25, 0.3) is 10.2 Å². The highest BCUT2D eigenvalue weighted by Crippen LogP contribution is 2.34. The number of ether oxygens (including phenoxy) is 10. The summed E-state index contributed by atoms with van der Waals surface area (Å²) in [6.07, 6.45) is 4.96. The number of benzene rings is 4. The van der Waals surface area contributed by atoms with Crippen LogP contribution in [0, 0.1) is 6.92 Å². The number of hydrogen-bond acceptors (Lipinski definition) is 20. The van der Waals surface area contributed by atoms with E-state index >= 15 is 0 Å². The summed E-state index contributed by atoms with van der Waals surface area (Å²) in [5.41, 5.74) is 0.646. The Morgan fingerprint density at radius 2 is 1.19 bits per heavy atom. The Morgan fingerprint density at radius 3 is 1.73 bits per heavy atom. The van der Waals surface area contributed by atoms with Crippen LogP contribution in [0.4, 0.5) is 5.13 Å². The van der Waals surface area contributed by atoms with E-state index < -0.39 is 62.9 Å². The summed E-state index contributed by atoms with van der Waals surface area (Å²) < 4.78 is 53.5. The Bertz CT molecular complexity index is 2730. The molecule has 21 heteroatoms. The highest BCUT2D eigenvalue weighted by molar-refractivity contribution is 7.22. The van der Waals surface area contributed by atoms with E-state index in [-0.39, 0.29) is 68.4 Å². The lowest BCUT2D eigenvalue weighted by atomic mass is 10.1. The summed E-state index contributed by atoms with van der Waals surface area (Å²) in [5.74, 6) is -5.33. The van der Waals surface area contributed by atoms with E-state index in [9.17, 15) is 33.6 Å². The number of esters is 5. The molecule has 0 aliphatic carbocycles. The van der Waals surface area contributed by atoms with Crippen LogP contribution in [0.3, 0.4) is 0 Å². The Hall–Kier alpha value is -9.11. The predicted molar refractivity (Wildman–Crippen MR) is 237 cm³/mol. The van der Waals surface area contributed by atoms with Crippen LogP contribution in [0.2, 0.25) is 0 Å². The summed E-state index contributed by atoms with van der Waals surface area (Å²) in [7, 11) is 0. The molecular weight excluding hydrogens is 899 g/mol. The number of aryl methyl sites for hydroxylation is 1. The number of hydrogen-bond donors (Lipinski definition) is 0. The molecule has 0 spiro atoms. The zero-order valence-electron chi connectivity index (χ0n) is 35.2. The van der Waals surface area contributed by atoms with Gasteiger partial charge in [-0.1, -0.05) is 49.8 Å². The van der Waals surface area contributed by atoms with E-state index in [1.165, 1.54) is 73.0 Å². The van der Waals surface area contributed by atoms with Crippen molar-refractivity contribution in [3.8, 4) is 34.5 Å². The molecule has 0 fully saturated rings. The van der Waals surface area contributed by atoms with E-state index in [1.807, 2.05) is 6.07 Å². The van der Waals surface area contributed by atoms with Gasteiger partial charge >= 0.3 is 29.8 Å². The molecule has 5 rings (SSSR count). The zero-order chi connectivity index (χ0) is 48.3. The predicted octanol–water partition coefficient (Wildman–Crippen LogP) is 6.30. The minimum absolute atomic E-state index is 0.00109. The maximum atomic E-state index is 13.9.